The third-order valence-electron chi connectivity index (χ3n) is 1.93. The number of aryl methyl sites for hydroxylation is 1. The molecule has 0 bridgehead atoms. The number of amides is 1. The van der Waals surface area contributed by atoms with Crippen molar-refractivity contribution in [2.45, 2.75) is 13.5 Å². The number of nitrogens with zero attached hydrogens (tertiary/aromatic N) is 3. The van der Waals surface area contributed by atoms with Crippen LogP contribution < -0.4 is 5.73 Å². The number of primary amides is 1. The lowest BCUT2D eigenvalue weighted by Gasteiger charge is -2.03. The van der Waals surface area contributed by atoms with Crippen molar-refractivity contribution in [2.24, 2.45) is 10.8 Å². The second kappa shape index (κ2) is 4.30. The summed E-state index contributed by atoms with van der Waals surface area (Å²) >= 11 is 0. The Bertz CT molecular complexity index is 407. The van der Waals surface area contributed by atoms with Crippen molar-refractivity contribution in [3.63, 3.8) is 0 Å². The van der Waals surface area contributed by atoms with Crippen LogP contribution in [0.4, 0.5) is 0 Å². The molecule has 0 aliphatic carbocycles. The maximum absolute atomic E-state index is 10.8. The predicted octanol–water partition coefficient (Wildman–Crippen LogP) is 1.90. The summed E-state index contributed by atoms with van der Waals surface area (Å²) in [6, 6.07) is 5.05. The lowest BCUT2D eigenvalue weighted by atomic mass is 10.1. The summed E-state index contributed by atoms with van der Waals surface area (Å²) in [5.74, 6) is -0.455. The van der Waals surface area contributed by atoms with Crippen molar-refractivity contribution in [1.29, 1.82) is 0 Å². The van der Waals surface area contributed by atoms with Crippen LogP contribution in [-0.2, 0) is 6.54 Å². The smallest absolute Gasteiger partial charge is 0.248 e. The third kappa shape index (κ3) is 2.24. The maximum Gasteiger partial charge on any atom is 0.248 e. The van der Waals surface area contributed by atoms with E-state index < -0.39 is 5.91 Å². The van der Waals surface area contributed by atoms with Gasteiger partial charge in [-0.3, -0.25) is 4.79 Å². The average Bonchev–Trinajstić information content (AvgIpc) is 2.15. The molecule has 1 aromatic carbocycles. The minimum absolute atomic E-state index is 0.293. The Balaban J connectivity index is 3.00. The Hall–Kier alpha value is -2.00. The number of benzene rings is 1. The molecule has 0 unspecified atom stereocenters. The van der Waals surface area contributed by atoms with Crippen molar-refractivity contribution < 1.29 is 4.79 Å². The minimum atomic E-state index is -0.455. The molecule has 5 nitrogen and oxygen atoms in total. The van der Waals surface area contributed by atoms with Crippen LogP contribution in [0.25, 0.3) is 10.4 Å². The van der Waals surface area contributed by atoms with Gasteiger partial charge in [0, 0.05) is 10.5 Å². The molecule has 0 radical (unpaired) electrons. The first-order valence-electron chi connectivity index (χ1n) is 4.05. The number of hydrogen-bond donors (Lipinski definition) is 1. The molecule has 1 aromatic rings. The third-order valence-corrected chi connectivity index (χ3v) is 1.93. The van der Waals surface area contributed by atoms with Crippen LogP contribution in [0.3, 0.4) is 0 Å². The van der Waals surface area contributed by atoms with E-state index in [-0.39, 0.29) is 0 Å². The van der Waals surface area contributed by atoms with Gasteiger partial charge in [-0.05, 0) is 35.7 Å². The van der Waals surface area contributed by atoms with Gasteiger partial charge in [-0.2, -0.15) is 0 Å². The van der Waals surface area contributed by atoms with Crippen LogP contribution in [-0.4, -0.2) is 5.91 Å². The van der Waals surface area contributed by atoms with Gasteiger partial charge < -0.3 is 5.73 Å². The van der Waals surface area contributed by atoms with E-state index in [2.05, 4.69) is 10.0 Å². The molecule has 14 heavy (non-hydrogen) atoms. The molecule has 0 fully saturated rings. The Morgan fingerprint density at radius 3 is 2.86 bits per heavy atom. The molecule has 1 amide bonds. The summed E-state index contributed by atoms with van der Waals surface area (Å²) in [6.07, 6.45) is 0. The second-order valence-corrected chi connectivity index (χ2v) is 2.89. The van der Waals surface area contributed by atoms with Gasteiger partial charge in [-0.25, -0.2) is 0 Å². The zero-order chi connectivity index (χ0) is 10.6. The molecular formula is C9H10N4O. The highest BCUT2D eigenvalue weighted by Gasteiger charge is 2.02. The highest BCUT2D eigenvalue weighted by Crippen LogP contribution is 2.11. The summed E-state index contributed by atoms with van der Waals surface area (Å²) in [5.41, 5.74) is 15.5. The van der Waals surface area contributed by atoms with Crippen LogP contribution >= 0.6 is 0 Å². The van der Waals surface area contributed by atoms with E-state index >= 15 is 0 Å². The number of hydrogen-bond acceptors (Lipinski definition) is 2. The van der Waals surface area contributed by atoms with Crippen molar-refractivity contribution in [2.75, 3.05) is 0 Å². The number of rotatable bonds is 3. The average molecular weight is 190 g/mol. The van der Waals surface area contributed by atoms with Gasteiger partial charge in [0.25, 0.3) is 0 Å². The van der Waals surface area contributed by atoms with Gasteiger partial charge in [0.15, 0.2) is 0 Å². The molecule has 0 aromatic heterocycles. The fourth-order valence-electron chi connectivity index (χ4n) is 1.13. The Labute approximate surface area is 81.2 Å². The molecule has 0 saturated carbocycles. The molecule has 5 heteroatoms. The van der Waals surface area contributed by atoms with Gasteiger partial charge >= 0.3 is 0 Å². The quantitative estimate of drug-likeness (QED) is 0.440. The van der Waals surface area contributed by atoms with Gasteiger partial charge in [0.2, 0.25) is 5.91 Å². The Morgan fingerprint density at radius 2 is 2.36 bits per heavy atom. The highest BCUT2D eigenvalue weighted by atomic mass is 16.1. The summed E-state index contributed by atoms with van der Waals surface area (Å²) in [6.45, 7) is 2.13. The fourth-order valence-corrected chi connectivity index (χ4v) is 1.13. The van der Waals surface area contributed by atoms with Crippen LogP contribution in [0.5, 0.6) is 0 Å². The first-order chi connectivity index (χ1) is 6.65. The van der Waals surface area contributed by atoms with Gasteiger partial charge in [0.1, 0.15) is 0 Å². The van der Waals surface area contributed by atoms with Crippen LogP contribution in [0.1, 0.15) is 21.5 Å². The van der Waals surface area contributed by atoms with E-state index in [0.717, 1.165) is 11.1 Å². The lowest BCUT2D eigenvalue weighted by Crippen LogP contribution is -2.11. The number of nitrogens with two attached hydrogens (primary N) is 1. The predicted molar refractivity (Wildman–Crippen MR) is 52.5 cm³/mol. The molecule has 0 spiro atoms. The lowest BCUT2D eigenvalue weighted by molar-refractivity contribution is 0.1000. The molecule has 0 aliphatic rings. The van der Waals surface area contributed by atoms with E-state index in [1.54, 1.807) is 18.2 Å². The van der Waals surface area contributed by atoms with Crippen molar-refractivity contribution in [1.82, 2.24) is 0 Å². The van der Waals surface area contributed by atoms with Crippen LogP contribution in [0.2, 0.25) is 0 Å². The first kappa shape index (κ1) is 10.1. The SMILES string of the molecule is Cc1cc(C(N)=O)ccc1CN=[N+]=[N-]. The highest BCUT2D eigenvalue weighted by molar-refractivity contribution is 5.93. The first-order valence-corrected chi connectivity index (χ1v) is 4.05. The van der Waals surface area contributed by atoms with E-state index in [9.17, 15) is 4.79 Å². The van der Waals surface area contributed by atoms with Gasteiger partial charge in [-0.1, -0.05) is 11.2 Å². The van der Waals surface area contributed by atoms with Crippen molar-refractivity contribution in [3.8, 4) is 0 Å². The molecule has 0 saturated heterocycles. The standard InChI is InChI=1S/C9H10N4O/c1-6-4-7(9(10)14)2-3-8(6)5-12-13-11/h2-4H,5H2,1H3,(H2,10,14). The summed E-state index contributed by atoms with van der Waals surface area (Å²) in [4.78, 5) is 13.5. The number of carbonyl (C=O) groups excluding carboxylic acids is 1. The Kier molecular flexibility index (Phi) is 3.09. The van der Waals surface area contributed by atoms with Crippen LogP contribution in [0.15, 0.2) is 23.3 Å². The largest absolute Gasteiger partial charge is 0.366 e. The molecule has 0 atom stereocenters. The summed E-state index contributed by atoms with van der Waals surface area (Å²) < 4.78 is 0. The molecule has 72 valence electrons. The maximum atomic E-state index is 10.8. The normalized spacial score (nSPS) is 9.21. The zero-order valence-corrected chi connectivity index (χ0v) is 7.77. The summed E-state index contributed by atoms with van der Waals surface area (Å²) in [5, 5.41) is 3.44. The number of carbonyl (C=O) groups is 1. The minimum Gasteiger partial charge on any atom is -0.366 e. The van der Waals surface area contributed by atoms with Crippen molar-refractivity contribution >= 4 is 5.91 Å². The van der Waals surface area contributed by atoms with Gasteiger partial charge in [0.05, 0.1) is 6.54 Å². The van der Waals surface area contributed by atoms with E-state index in [4.69, 9.17) is 11.3 Å². The fraction of sp³-hybridized carbons (Fsp3) is 0.222. The van der Waals surface area contributed by atoms with E-state index in [1.165, 1.54) is 0 Å². The van der Waals surface area contributed by atoms with Crippen molar-refractivity contribution in [3.05, 3.63) is 45.3 Å². The van der Waals surface area contributed by atoms with Gasteiger partial charge in [-0.15, -0.1) is 0 Å². The van der Waals surface area contributed by atoms with Crippen LogP contribution in [0, 0.1) is 6.92 Å². The van der Waals surface area contributed by atoms with E-state index in [0.29, 0.717) is 12.1 Å². The zero-order valence-electron chi connectivity index (χ0n) is 7.77. The van der Waals surface area contributed by atoms with E-state index in [1.807, 2.05) is 6.92 Å². The molecule has 2 N–H and O–H groups in total. The molecule has 0 heterocycles. The molecular weight excluding hydrogens is 180 g/mol. The second-order valence-electron chi connectivity index (χ2n) is 2.89. The number of azide groups is 1. The summed E-state index contributed by atoms with van der Waals surface area (Å²) in [7, 11) is 0. The monoisotopic (exact) mass is 190 g/mol. The molecule has 0 aliphatic heterocycles. The Morgan fingerprint density at radius 1 is 1.64 bits per heavy atom. The molecule has 1 rings (SSSR count). The topological polar surface area (TPSA) is 91.9 Å².